The molecule has 0 aliphatic carbocycles. The van der Waals surface area contributed by atoms with Crippen molar-refractivity contribution in [2.45, 2.75) is 13.3 Å². The predicted octanol–water partition coefficient (Wildman–Crippen LogP) is 1.08. The highest BCUT2D eigenvalue weighted by molar-refractivity contribution is 5.85. The van der Waals surface area contributed by atoms with E-state index in [0.717, 1.165) is 0 Å². The molecule has 0 fully saturated rings. The average Bonchev–Trinajstić information content (AvgIpc) is 2.30. The van der Waals surface area contributed by atoms with Crippen LogP contribution < -0.4 is 0 Å². The Labute approximate surface area is 98.4 Å². The van der Waals surface area contributed by atoms with Crippen molar-refractivity contribution in [2.75, 3.05) is 6.61 Å². The molecule has 0 saturated carbocycles. The summed E-state index contributed by atoms with van der Waals surface area (Å²) < 4.78 is 4.69. The number of carboxylic acid groups (broad SMARTS) is 1. The number of aromatic carboxylic acids is 1. The van der Waals surface area contributed by atoms with Gasteiger partial charge in [-0.05, 0) is 25.0 Å². The Kier molecular flexibility index (Phi) is 4.70. The molecule has 0 spiro atoms. The molecule has 0 aromatic carbocycles. The second kappa shape index (κ2) is 6.28. The Hall–Kier alpha value is -2.35. The van der Waals surface area contributed by atoms with Crippen LogP contribution >= 0.6 is 0 Å². The van der Waals surface area contributed by atoms with Gasteiger partial charge in [-0.25, -0.2) is 9.78 Å². The number of aromatic nitrogens is 1. The summed E-state index contributed by atoms with van der Waals surface area (Å²) in [5.41, 5.74) is 0.238. The molecule has 88 valence electrons. The average molecular weight is 233 g/mol. The highest BCUT2D eigenvalue weighted by Crippen LogP contribution is 1.98. The molecule has 1 heterocycles. The number of hydrogen-bond acceptors (Lipinski definition) is 4. The topological polar surface area (TPSA) is 76.5 Å². The molecule has 1 N–H and O–H groups in total. The lowest BCUT2D eigenvalue weighted by Crippen LogP contribution is -2.02. The number of ether oxygens (including phenoxy) is 1. The first kappa shape index (κ1) is 12.7. The maximum Gasteiger partial charge on any atom is 0.354 e. The largest absolute Gasteiger partial charge is 0.477 e. The SMILES string of the molecule is CCOC(=O)CC#Cc1cccc(C(=O)O)n1. The molecule has 0 bridgehead atoms. The van der Waals surface area contributed by atoms with Crippen LogP contribution in [0.25, 0.3) is 0 Å². The van der Waals surface area contributed by atoms with Crippen LogP contribution in [0.2, 0.25) is 0 Å². The fraction of sp³-hybridized carbons (Fsp3) is 0.250. The van der Waals surface area contributed by atoms with Gasteiger partial charge in [-0.3, -0.25) is 4.79 Å². The Morgan fingerprint density at radius 3 is 2.88 bits per heavy atom. The predicted molar refractivity (Wildman–Crippen MR) is 59.3 cm³/mol. The van der Waals surface area contributed by atoms with Crippen LogP contribution in [0.1, 0.15) is 29.5 Å². The van der Waals surface area contributed by atoms with Gasteiger partial charge in [0.2, 0.25) is 0 Å². The van der Waals surface area contributed by atoms with Gasteiger partial charge in [0.05, 0.1) is 6.61 Å². The van der Waals surface area contributed by atoms with Crippen LogP contribution in [0.4, 0.5) is 0 Å². The number of hydrogen-bond donors (Lipinski definition) is 1. The lowest BCUT2D eigenvalue weighted by molar-refractivity contribution is -0.141. The van der Waals surface area contributed by atoms with Crippen LogP contribution in [0.5, 0.6) is 0 Å². The third-order valence-corrected chi connectivity index (χ3v) is 1.72. The zero-order valence-corrected chi connectivity index (χ0v) is 9.27. The van der Waals surface area contributed by atoms with Crippen molar-refractivity contribution in [1.29, 1.82) is 0 Å². The summed E-state index contributed by atoms with van der Waals surface area (Å²) in [6, 6.07) is 4.49. The highest BCUT2D eigenvalue weighted by Gasteiger charge is 2.03. The zero-order chi connectivity index (χ0) is 12.7. The minimum absolute atomic E-state index is 0.0349. The van der Waals surface area contributed by atoms with E-state index < -0.39 is 11.9 Å². The van der Waals surface area contributed by atoms with Crippen molar-refractivity contribution in [3.05, 3.63) is 29.6 Å². The first-order valence-electron chi connectivity index (χ1n) is 4.98. The van der Waals surface area contributed by atoms with Gasteiger partial charge >= 0.3 is 11.9 Å². The van der Waals surface area contributed by atoms with Gasteiger partial charge in [0.1, 0.15) is 17.8 Å². The van der Waals surface area contributed by atoms with E-state index in [0.29, 0.717) is 12.3 Å². The summed E-state index contributed by atoms with van der Waals surface area (Å²) in [5, 5.41) is 8.71. The third kappa shape index (κ3) is 4.34. The monoisotopic (exact) mass is 233 g/mol. The number of carboxylic acids is 1. The minimum atomic E-state index is -1.11. The molecule has 0 aliphatic heterocycles. The van der Waals surface area contributed by atoms with E-state index in [1.807, 2.05) is 0 Å². The molecule has 0 radical (unpaired) electrons. The van der Waals surface area contributed by atoms with E-state index in [2.05, 4.69) is 21.6 Å². The van der Waals surface area contributed by atoms with E-state index in [9.17, 15) is 9.59 Å². The normalized spacial score (nSPS) is 9.00. The molecule has 0 saturated heterocycles. The Balaban J connectivity index is 2.69. The third-order valence-electron chi connectivity index (χ3n) is 1.72. The molecule has 1 aromatic rings. The van der Waals surface area contributed by atoms with E-state index in [1.54, 1.807) is 19.1 Å². The fourth-order valence-corrected chi connectivity index (χ4v) is 1.04. The van der Waals surface area contributed by atoms with Crippen molar-refractivity contribution in [1.82, 2.24) is 4.98 Å². The van der Waals surface area contributed by atoms with Crippen LogP contribution in [0, 0.1) is 11.8 Å². The van der Waals surface area contributed by atoms with Crippen molar-refractivity contribution in [3.8, 4) is 11.8 Å². The molecule has 1 aromatic heterocycles. The van der Waals surface area contributed by atoms with Crippen molar-refractivity contribution in [3.63, 3.8) is 0 Å². The second-order valence-electron chi connectivity index (χ2n) is 3.00. The Morgan fingerprint density at radius 2 is 2.24 bits per heavy atom. The molecule has 17 heavy (non-hydrogen) atoms. The molecule has 5 heteroatoms. The maximum atomic E-state index is 11.0. The second-order valence-corrected chi connectivity index (χ2v) is 3.00. The molecule has 0 unspecified atom stereocenters. The molecular formula is C12H11NO4. The van der Waals surface area contributed by atoms with Gasteiger partial charge in [-0.1, -0.05) is 12.0 Å². The van der Waals surface area contributed by atoms with Crippen LogP contribution in [-0.2, 0) is 9.53 Å². The quantitative estimate of drug-likeness (QED) is 0.624. The number of rotatable bonds is 3. The number of carbonyl (C=O) groups is 2. The van der Waals surface area contributed by atoms with E-state index in [4.69, 9.17) is 5.11 Å². The standard InChI is InChI=1S/C12H11NO4/c1-2-17-11(14)8-4-6-9-5-3-7-10(13-9)12(15)16/h3,5,7H,2,8H2,1H3,(H,15,16). The zero-order valence-electron chi connectivity index (χ0n) is 9.27. The van der Waals surface area contributed by atoms with Crippen molar-refractivity contribution >= 4 is 11.9 Å². The molecule has 0 amide bonds. The summed E-state index contributed by atoms with van der Waals surface area (Å²) >= 11 is 0. The number of carbonyl (C=O) groups excluding carboxylic acids is 1. The van der Waals surface area contributed by atoms with Crippen molar-refractivity contribution in [2.24, 2.45) is 0 Å². The number of nitrogens with zero attached hydrogens (tertiary/aromatic N) is 1. The van der Waals surface area contributed by atoms with E-state index in [-0.39, 0.29) is 12.1 Å². The highest BCUT2D eigenvalue weighted by atomic mass is 16.5. The van der Waals surface area contributed by atoms with Crippen LogP contribution in [-0.4, -0.2) is 28.6 Å². The maximum absolute atomic E-state index is 11.0. The van der Waals surface area contributed by atoms with Crippen molar-refractivity contribution < 1.29 is 19.4 Å². The Morgan fingerprint density at radius 1 is 1.47 bits per heavy atom. The van der Waals surface area contributed by atoms with Crippen LogP contribution in [0.15, 0.2) is 18.2 Å². The lowest BCUT2D eigenvalue weighted by Gasteiger charge is -1.95. The molecular weight excluding hydrogens is 222 g/mol. The van der Waals surface area contributed by atoms with E-state index in [1.165, 1.54) is 6.07 Å². The molecule has 0 atom stereocenters. The smallest absolute Gasteiger partial charge is 0.354 e. The van der Waals surface area contributed by atoms with Gasteiger partial charge in [0.25, 0.3) is 0 Å². The molecule has 0 aliphatic rings. The van der Waals surface area contributed by atoms with Gasteiger partial charge in [0, 0.05) is 0 Å². The lowest BCUT2D eigenvalue weighted by atomic mass is 10.3. The summed E-state index contributed by atoms with van der Waals surface area (Å²) in [6.45, 7) is 2.02. The van der Waals surface area contributed by atoms with Gasteiger partial charge in [-0.2, -0.15) is 0 Å². The van der Waals surface area contributed by atoms with Crippen LogP contribution in [0.3, 0.4) is 0 Å². The number of esters is 1. The fourth-order valence-electron chi connectivity index (χ4n) is 1.04. The summed E-state index contributed by atoms with van der Waals surface area (Å²) in [5.74, 6) is 3.66. The van der Waals surface area contributed by atoms with Gasteiger partial charge < -0.3 is 9.84 Å². The summed E-state index contributed by atoms with van der Waals surface area (Å²) in [4.78, 5) is 25.4. The van der Waals surface area contributed by atoms with Gasteiger partial charge in [-0.15, -0.1) is 0 Å². The minimum Gasteiger partial charge on any atom is -0.477 e. The van der Waals surface area contributed by atoms with E-state index >= 15 is 0 Å². The summed E-state index contributed by atoms with van der Waals surface area (Å²) in [6.07, 6.45) is -0.0349. The molecule has 1 rings (SSSR count). The number of pyridine rings is 1. The summed E-state index contributed by atoms with van der Waals surface area (Å²) in [7, 11) is 0. The molecule has 5 nitrogen and oxygen atoms in total. The van der Waals surface area contributed by atoms with Gasteiger partial charge in [0.15, 0.2) is 0 Å². The first-order valence-corrected chi connectivity index (χ1v) is 4.98. The first-order chi connectivity index (χ1) is 8.13. The Bertz CT molecular complexity index is 485.